The summed E-state index contributed by atoms with van der Waals surface area (Å²) in [5.74, 6) is 0. The Balaban J connectivity index is 3.07. The Morgan fingerprint density at radius 3 is 1.79 bits per heavy atom. The number of hydrogen-bond donors (Lipinski definition) is 0. The Hall–Kier alpha value is -0.550. The lowest BCUT2D eigenvalue weighted by Crippen LogP contribution is -2.03. The Morgan fingerprint density at radius 1 is 0.789 bits per heavy atom. The molecule has 2 nitrogen and oxygen atoms in total. The van der Waals surface area contributed by atoms with Gasteiger partial charge in [0, 0.05) is 6.42 Å². The molecule has 0 amide bonds. The van der Waals surface area contributed by atoms with Crippen LogP contribution in [0.1, 0.15) is 96.8 Å². The van der Waals surface area contributed by atoms with Crippen molar-refractivity contribution < 1.29 is 5.11 Å². The molecule has 0 saturated carbocycles. The Morgan fingerprint density at radius 2 is 1.26 bits per heavy atom. The van der Waals surface area contributed by atoms with Crippen molar-refractivity contribution in [2.75, 3.05) is 0 Å². The largest absolute Gasteiger partial charge is 0.233 e. The monoisotopic (exact) mass is 266 g/mol. The van der Waals surface area contributed by atoms with Gasteiger partial charge in [-0.25, -0.2) is 5.11 Å². The van der Waals surface area contributed by atoms with Gasteiger partial charge in [0.15, 0.2) is 0 Å². The van der Waals surface area contributed by atoms with Gasteiger partial charge in [0.25, 0.3) is 0 Å². The van der Waals surface area contributed by atoms with E-state index in [2.05, 4.69) is 13.0 Å². The van der Waals surface area contributed by atoms with Crippen molar-refractivity contribution in [2.45, 2.75) is 103 Å². The van der Waals surface area contributed by atoms with Crippen molar-refractivity contribution in [2.24, 2.45) is 0 Å². The molecule has 0 fully saturated rings. The third-order valence-corrected chi connectivity index (χ3v) is 3.69. The van der Waals surface area contributed by atoms with Gasteiger partial charge in [-0.15, -0.1) is 0 Å². The molecule has 2 heteroatoms. The molecule has 0 N–H and O–H groups in total. The smallest absolute Gasteiger partial charge is 0.0930 e. The molecule has 0 aliphatic rings. The van der Waals surface area contributed by atoms with Gasteiger partial charge in [0.2, 0.25) is 0 Å². The van der Waals surface area contributed by atoms with Crippen LogP contribution >= 0.6 is 0 Å². The molecule has 1 unspecified atom stereocenters. The van der Waals surface area contributed by atoms with Crippen LogP contribution < -0.4 is 0 Å². The summed E-state index contributed by atoms with van der Waals surface area (Å²) >= 11 is 0. The van der Waals surface area contributed by atoms with Crippen molar-refractivity contribution >= 4 is 0 Å². The first-order valence-electron chi connectivity index (χ1n) is 8.34. The van der Waals surface area contributed by atoms with Crippen molar-refractivity contribution in [3.05, 3.63) is 0 Å². The highest BCUT2D eigenvalue weighted by Crippen LogP contribution is 2.13. The first-order chi connectivity index (χ1) is 9.31. The summed E-state index contributed by atoms with van der Waals surface area (Å²) in [4.78, 5) is 0. The van der Waals surface area contributed by atoms with Crippen molar-refractivity contribution in [1.29, 1.82) is 5.26 Å². The van der Waals surface area contributed by atoms with E-state index in [9.17, 15) is 5.11 Å². The number of nitrogens with zero attached hydrogens (tertiary/aromatic N) is 1. The first kappa shape index (κ1) is 18.4. The standard InChI is InChI=1S/C17H32NO/c1-2-3-4-5-6-7-8-9-10-11-14-17(19)15-12-13-16-18/h17H,2-15H2,1H3. The van der Waals surface area contributed by atoms with Crippen LogP contribution in [-0.4, -0.2) is 6.10 Å². The summed E-state index contributed by atoms with van der Waals surface area (Å²) in [5, 5.41) is 19.9. The SMILES string of the molecule is CCCCCCCCCCCCC([O])CCCC#N. The van der Waals surface area contributed by atoms with Crippen LogP contribution in [-0.2, 0) is 5.11 Å². The zero-order valence-electron chi connectivity index (χ0n) is 12.8. The maximum absolute atomic E-state index is 11.5. The Kier molecular flexibility index (Phi) is 15.1. The summed E-state index contributed by atoms with van der Waals surface area (Å²) in [6.07, 6.45) is 15.6. The molecule has 0 saturated heterocycles. The second kappa shape index (κ2) is 15.5. The molecule has 0 heterocycles. The maximum atomic E-state index is 11.5. The Labute approximate surface area is 120 Å². The average Bonchev–Trinajstić information content (AvgIpc) is 2.41. The van der Waals surface area contributed by atoms with Gasteiger partial charge in [-0.1, -0.05) is 71.1 Å². The van der Waals surface area contributed by atoms with Crippen molar-refractivity contribution in [3.8, 4) is 6.07 Å². The molecule has 0 bridgehead atoms. The number of nitriles is 1. The predicted molar refractivity (Wildman–Crippen MR) is 80.4 cm³/mol. The lowest BCUT2D eigenvalue weighted by molar-refractivity contribution is 0.0698. The van der Waals surface area contributed by atoms with E-state index in [0.717, 1.165) is 19.3 Å². The fourth-order valence-corrected chi connectivity index (χ4v) is 2.41. The van der Waals surface area contributed by atoms with Gasteiger partial charge in [0.05, 0.1) is 12.2 Å². The van der Waals surface area contributed by atoms with Gasteiger partial charge in [-0.2, -0.15) is 5.26 Å². The van der Waals surface area contributed by atoms with Crippen LogP contribution in [0.2, 0.25) is 0 Å². The van der Waals surface area contributed by atoms with Crippen molar-refractivity contribution in [3.63, 3.8) is 0 Å². The van der Waals surface area contributed by atoms with E-state index in [0.29, 0.717) is 12.8 Å². The van der Waals surface area contributed by atoms with Gasteiger partial charge < -0.3 is 0 Å². The maximum Gasteiger partial charge on any atom is 0.0930 e. The fraction of sp³-hybridized carbons (Fsp3) is 0.941. The van der Waals surface area contributed by atoms with Crippen LogP contribution in [0.25, 0.3) is 0 Å². The fourth-order valence-electron chi connectivity index (χ4n) is 2.41. The van der Waals surface area contributed by atoms with E-state index < -0.39 is 6.10 Å². The third kappa shape index (κ3) is 15.4. The highest BCUT2D eigenvalue weighted by atomic mass is 16.3. The molecule has 0 aromatic heterocycles. The van der Waals surface area contributed by atoms with Crippen LogP contribution in [0.5, 0.6) is 0 Å². The van der Waals surface area contributed by atoms with E-state index in [1.807, 2.05) is 0 Å². The first-order valence-corrected chi connectivity index (χ1v) is 8.34. The summed E-state index contributed by atoms with van der Waals surface area (Å²) in [6, 6.07) is 2.09. The minimum Gasteiger partial charge on any atom is -0.233 e. The second-order valence-electron chi connectivity index (χ2n) is 5.64. The van der Waals surface area contributed by atoms with E-state index in [4.69, 9.17) is 5.26 Å². The molecule has 1 atom stereocenters. The quantitative estimate of drug-likeness (QED) is 0.367. The Bertz CT molecular complexity index is 210. The van der Waals surface area contributed by atoms with Crippen molar-refractivity contribution in [1.82, 2.24) is 0 Å². The minimum absolute atomic E-state index is 0.428. The topological polar surface area (TPSA) is 43.7 Å². The number of hydrogen-bond acceptors (Lipinski definition) is 1. The third-order valence-electron chi connectivity index (χ3n) is 3.69. The molecule has 0 spiro atoms. The van der Waals surface area contributed by atoms with Gasteiger partial charge in [-0.05, 0) is 19.3 Å². The summed E-state index contributed by atoms with van der Waals surface area (Å²) in [5.41, 5.74) is 0. The van der Waals surface area contributed by atoms with Crippen LogP contribution in [0.3, 0.4) is 0 Å². The molecule has 0 aromatic carbocycles. The van der Waals surface area contributed by atoms with Crippen LogP contribution in [0, 0.1) is 11.3 Å². The van der Waals surface area contributed by atoms with E-state index in [1.165, 1.54) is 57.8 Å². The second-order valence-corrected chi connectivity index (χ2v) is 5.64. The molecule has 0 rings (SSSR count). The minimum atomic E-state index is -0.428. The van der Waals surface area contributed by atoms with E-state index >= 15 is 0 Å². The molecular formula is C17H32NO. The predicted octanol–water partition coefficient (Wildman–Crippen LogP) is 5.79. The highest BCUT2D eigenvalue weighted by molar-refractivity contribution is 4.69. The summed E-state index contributed by atoms with van der Waals surface area (Å²) in [6.45, 7) is 2.25. The summed E-state index contributed by atoms with van der Waals surface area (Å²) in [7, 11) is 0. The highest BCUT2D eigenvalue weighted by Gasteiger charge is 2.05. The van der Waals surface area contributed by atoms with Crippen LogP contribution in [0.15, 0.2) is 0 Å². The molecular weight excluding hydrogens is 234 g/mol. The molecule has 0 aliphatic heterocycles. The lowest BCUT2D eigenvalue weighted by atomic mass is 10.0. The number of unbranched alkanes of at least 4 members (excludes halogenated alkanes) is 10. The number of rotatable bonds is 14. The average molecular weight is 266 g/mol. The van der Waals surface area contributed by atoms with E-state index in [1.54, 1.807) is 0 Å². The molecule has 1 radical (unpaired) electrons. The lowest BCUT2D eigenvalue weighted by Gasteiger charge is -2.06. The van der Waals surface area contributed by atoms with Gasteiger partial charge >= 0.3 is 0 Å². The molecule has 111 valence electrons. The zero-order valence-corrected chi connectivity index (χ0v) is 12.8. The van der Waals surface area contributed by atoms with Gasteiger partial charge in [0.1, 0.15) is 0 Å². The molecule has 0 aliphatic carbocycles. The summed E-state index contributed by atoms with van der Waals surface area (Å²) < 4.78 is 0. The van der Waals surface area contributed by atoms with E-state index in [-0.39, 0.29) is 0 Å². The zero-order chi connectivity index (χ0) is 14.2. The van der Waals surface area contributed by atoms with Crippen LogP contribution in [0.4, 0.5) is 0 Å². The molecule has 0 aromatic rings. The normalized spacial score (nSPS) is 12.3. The molecule has 19 heavy (non-hydrogen) atoms. The van der Waals surface area contributed by atoms with Gasteiger partial charge in [-0.3, -0.25) is 0 Å².